The summed E-state index contributed by atoms with van der Waals surface area (Å²) >= 11 is 9.13. The average Bonchev–Trinajstić information content (AvgIpc) is 2.17. The van der Waals surface area contributed by atoms with Gasteiger partial charge in [0.1, 0.15) is 0 Å². The third-order valence-electron chi connectivity index (χ3n) is 1.70. The first-order valence-corrected chi connectivity index (χ1v) is 5.42. The first-order chi connectivity index (χ1) is 7.15. The van der Waals surface area contributed by atoms with E-state index in [-0.39, 0.29) is 5.91 Å². The molecule has 0 aliphatic heterocycles. The summed E-state index contributed by atoms with van der Waals surface area (Å²) in [7, 11) is 0. The maximum absolute atomic E-state index is 11.5. The van der Waals surface area contributed by atoms with Crippen LogP contribution in [0.2, 0.25) is 5.02 Å². The topological polar surface area (TPSA) is 52.9 Å². The Morgan fingerprint density at radius 1 is 1.60 bits per heavy atom. The van der Waals surface area contributed by atoms with E-state index >= 15 is 0 Å². The number of hydrogen-bond donors (Lipinski definition) is 1. The molecule has 0 radical (unpaired) electrons. The minimum absolute atomic E-state index is 0.261. The molecule has 1 aromatic rings. The van der Waals surface area contributed by atoms with Gasteiger partial charge in [0.05, 0.1) is 23.1 Å². The molecular formula is C10H8BrClN2O. The second-order valence-corrected chi connectivity index (χ2v) is 4.11. The van der Waals surface area contributed by atoms with Crippen molar-refractivity contribution >= 4 is 33.4 Å². The van der Waals surface area contributed by atoms with E-state index in [4.69, 9.17) is 16.9 Å². The van der Waals surface area contributed by atoms with Gasteiger partial charge in [-0.25, -0.2) is 0 Å². The fourth-order valence-electron chi connectivity index (χ4n) is 1.00. The molecule has 78 valence electrons. The lowest BCUT2D eigenvalue weighted by molar-refractivity contribution is 0.0954. The lowest BCUT2D eigenvalue weighted by Crippen LogP contribution is -2.24. The van der Waals surface area contributed by atoms with E-state index in [1.807, 2.05) is 6.07 Å². The molecule has 0 saturated carbocycles. The highest BCUT2D eigenvalue weighted by Crippen LogP contribution is 2.21. The summed E-state index contributed by atoms with van der Waals surface area (Å²) in [6.07, 6.45) is 0.292. The highest BCUT2D eigenvalue weighted by Gasteiger charge is 2.09. The van der Waals surface area contributed by atoms with Gasteiger partial charge in [-0.15, -0.1) is 0 Å². The standard InChI is InChI=1S/C10H8BrClN2O/c11-7-2-3-8(9(12)6-7)10(15)14-5-1-4-13/h2-3,6H,1,5H2,(H,14,15). The Morgan fingerprint density at radius 2 is 2.33 bits per heavy atom. The van der Waals surface area contributed by atoms with Gasteiger partial charge in [0.2, 0.25) is 0 Å². The van der Waals surface area contributed by atoms with Crippen molar-refractivity contribution in [3.05, 3.63) is 33.3 Å². The number of halogens is 2. The van der Waals surface area contributed by atoms with Crippen LogP contribution in [0.4, 0.5) is 0 Å². The van der Waals surface area contributed by atoms with Gasteiger partial charge in [0, 0.05) is 11.0 Å². The van der Waals surface area contributed by atoms with Gasteiger partial charge in [0.25, 0.3) is 5.91 Å². The molecule has 0 atom stereocenters. The number of amides is 1. The van der Waals surface area contributed by atoms with Crippen LogP contribution < -0.4 is 5.32 Å². The average molecular weight is 288 g/mol. The number of carbonyl (C=O) groups is 1. The molecule has 0 aliphatic rings. The number of carbonyl (C=O) groups excluding carboxylic acids is 1. The number of benzene rings is 1. The van der Waals surface area contributed by atoms with Crippen molar-refractivity contribution in [2.24, 2.45) is 0 Å². The SMILES string of the molecule is N#CCCNC(=O)c1ccc(Br)cc1Cl. The minimum Gasteiger partial charge on any atom is -0.351 e. The summed E-state index contributed by atoms with van der Waals surface area (Å²) in [5.74, 6) is -0.261. The van der Waals surface area contributed by atoms with Crippen molar-refractivity contribution in [3.8, 4) is 6.07 Å². The van der Waals surface area contributed by atoms with Gasteiger partial charge < -0.3 is 5.32 Å². The summed E-state index contributed by atoms with van der Waals surface area (Å²) in [6, 6.07) is 6.97. The van der Waals surface area contributed by atoms with E-state index in [1.165, 1.54) is 0 Å². The molecule has 0 unspecified atom stereocenters. The number of nitrogens with zero attached hydrogens (tertiary/aromatic N) is 1. The fourth-order valence-corrected chi connectivity index (χ4v) is 1.76. The Morgan fingerprint density at radius 3 is 2.93 bits per heavy atom. The van der Waals surface area contributed by atoms with Crippen LogP contribution in [0.1, 0.15) is 16.8 Å². The Kier molecular flexibility index (Phi) is 4.60. The van der Waals surface area contributed by atoms with Crippen molar-refractivity contribution in [2.75, 3.05) is 6.54 Å². The van der Waals surface area contributed by atoms with E-state index < -0.39 is 0 Å². The molecule has 0 aliphatic carbocycles. The zero-order valence-corrected chi connectivity index (χ0v) is 10.1. The zero-order valence-electron chi connectivity index (χ0n) is 7.76. The van der Waals surface area contributed by atoms with E-state index in [0.29, 0.717) is 23.6 Å². The second kappa shape index (κ2) is 5.74. The summed E-state index contributed by atoms with van der Waals surface area (Å²) in [4.78, 5) is 11.5. The molecule has 1 amide bonds. The van der Waals surface area contributed by atoms with Crippen LogP contribution in [0.25, 0.3) is 0 Å². The second-order valence-electron chi connectivity index (χ2n) is 2.79. The predicted molar refractivity (Wildman–Crippen MR) is 61.7 cm³/mol. The van der Waals surface area contributed by atoms with Crippen molar-refractivity contribution in [2.45, 2.75) is 6.42 Å². The smallest absolute Gasteiger partial charge is 0.252 e. The highest BCUT2D eigenvalue weighted by atomic mass is 79.9. The fraction of sp³-hybridized carbons (Fsp3) is 0.200. The predicted octanol–water partition coefficient (Wildman–Crippen LogP) is 2.75. The third-order valence-corrected chi connectivity index (χ3v) is 2.50. The molecule has 0 heterocycles. The third kappa shape index (κ3) is 3.54. The van der Waals surface area contributed by atoms with Crippen LogP contribution in [-0.4, -0.2) is 12.5 Å². The van der Waals surface area contributed by atoms with E-state index in [2.05, 4.69) is 21.2 Å². The normalized spacial score (nSPS) is 9.40. The number of nitrogens with one attached hydrogen (secondary N) is 1. The molecule has 1 N–H and O–H groups in total. The molecule has 0 aromatic heterocycles. The summed E-state index contributed by atoms with van der Waals surface area (Å²) in [5.41, 5.74) is 0.415. The quantitative estimate of drug-likeness (QED) is 0.869. The lowest BCUT2D eigenvalue weighted by Gasteiger charge is -2.04. The maximum Gasteiger partial charge on any atom is 0.252 e. The molecule has 1 rings (SSSR count). The van der Waals surface area contributed by atoms with Gasteiger partial charge in [-0.05, 0) is 18.2 Å². The van der Waals surface area contributed by atoms with Crippen LogP contribution >= 0.6 is 27.5 Å². The first kappa shape index (κ1) is 12.0. The van der Waals surface area contributed by atoms with Gasteiger partial charge in [0.15, 0.2) is 0 Å². The Hall–Kier alpha value is -1.05. The van der Waals surface area contributed by atoms with E-state index in [1.54, 1.807) is 18.2 Å². The first-order valence-electron chi connectivity index (χ1n) is 4.25. The van der Waals surface area contributed by atoms with Gasteiger partial charge in [-0.3, -0.25) is 4.79 Å². The van der Waals surface area contributed by atoms with Crippen molar-refractivity contribution in [3.63, 3.8) is 0 Å². The van der Waals surface area contributed by atoms with Crippen LogP contribution in [0, 0.1) is 11.3 Å². The molecular weight excluding hydrogens is 279 g/mol. The van der Waals surface area contributed by atoms with Gasteiger partial charge in [-0.2, -0.15) is 5.26 Å². The van der Waals surface area contributed by atoms with Gasteiger partial charge in [-0.1, -0.05) is 27.5 Å². The summed E-state index contributed by atoms with van der Waals surface area (Å²) < 4.78 is 0.820. The Balaban J connectivity index is 2.70. The maximum atomic E-state index is 11.5. The molecule has 0 saturated heterocycles. The molecule has 3 nitrogen and oxygen atoms in total. The van der Waals surface area contributed by atoms with Crippen LogP contribution in [0.15, 0.2) is 22.7 Å². The Bertz CT molecular complexity index is 414. The Labute approximate surface area is 101 Å². The zero-order chi connectivity index (χ0) is 11.3. The molecule has 1 aromatic carbocycles. The van der Waals surface area contributed by atoms with Gasteiger partial charge >= 0.3 is 0 Å². The van der Waals surface area contributed by atoms with Crippen molar-refractivity contribution < 1.29 is 4.79 Å². The molecule has 0 bridgehead atoms. The molecule has 15 heavy (non-hydrogen) atoms. The minimum atomic E-state index is -0.261. The van der Waals surface area contributed by atoms with Crippen LogP contribution in [0.3, 0.4) is 0 Å². The van der Waals surface area contributed by atoms with Crippen molar-refractivity contribution in [1.29, 1.82) is 5.26 Å². The van der Waals surface area contributed by atoms with Crippen LogP contribution in [0.5, 0.6) is 0 Å². The highest BCUT2D eigenvalue weighted by molar-refractivity contribution is 9.10. The summed E-state index contributed by atoms with van der Waals surface area (Å²) in [6.45, 7) is 0.335. The number of nitriles is 1. The molecule has 0 fully saturated rings. The summed E-state index contributed by atoms with van der Waals surface area (Å²) in [5, 5.41) is 11.3. The number of hydrogen-bond acceptors (Lipinski definition) is 2. The van der Waals surface area contributed by atoms with E-state index in [0.717, 1.165) is 4.47 Å². The van der Waals surface area contributed by atoms with Crippen LogP contribution in [-0.2, 0) is 0 Å². The van der Waals surface area contributed by atoms with E-state index in [9.17, 15) is 4.79 Å². The van der Waals surface area contributed by atoms with Crippen molar-refractivity contribution in [1.82, 2.24) is 5.32 Å². The largest absolute Gasteiger partial charge is 0.351 e. The number of rotatable bonds is 3. The lowest BCUT2D eigenvalue weighted by atomic mass is 10.2. The monoisotopic (exact) mass is 286 g/mol. The molecule has 5 heteroatoms. The molecule has 0 spiro atoms.